The molecule has 6 heteroatoms. The van der Waals surface area contributed by atoms with E-state index in [2.05, 4.69) is 5.16 Å². The molecule has 2 aromatic rings. The third kappa shape index (κ3) is 2.88. The van der Waals surface area contributed by atoms with Gasteiger partial charge in [0.25, 0.3) is 0 Å². The van der Waals surface area contributed by atoms with Crippen LogP contribution < -0.4 is 5.73 Å². The number of anilines is 1. The lowest BCUT2D eigenvalue weighted by Gasteiger charge is -2.27. The fourth-order valence-corrected chi connectivity index (χ4v) is 3.03. The molecule has 112 valence electrons. The molecular weight excluding hydrogens is 298 g/mol. The van der Waals surface area contributed by atoms with Crippen molar-refractivity contribution in [3.05, 3.63) is 35.0 Å². The van der Waals surface area contributed by atoms with Crippen LogP contribution in [-0.4, -0.2) is 11.1 Å². The molecule has 3 rings (SSSR count). The molecule has 1 heterocycles. The number of alkyl halides is 2. The Morgan fingerprint density at radius 1 is 1.29 bits per heavy atom. The average Bonchev–Trinajstić information content (AvgIpc) is 2.80. The van der Waals surface area contributed by atoms with E-state index in [1.807, 2.05) is 12.1 Å². The van der Waals surface area contributed by atoms with E-state index in [4.69, 9.17) is 21.9 Å². The average molecular weight is 313 g/mol. The minimum Gasteiger partial charge on any atom is -0.367 e. The Labute approximate surface area is 126 Å². The van der Waals surface area contributed by atoms with Gasteiger partial charge in [0.2, 0.25) is 11.8 Å². The van der Waals surface area contributed by atoms with Crippen LogP contribution in [0.25, 0.3) is 11.1 Å². The molecule has 0 atom stereocenters. The molecule has 1 saturated carbocycles. The summed E-state index contributed by atoms with van der Waals surface area (Å²) >= 11 is 6.00. The molecule has 0 amide bonds. The highest BCUT2D eigenvalue weighted by Gasteiger charge is 2.37. The Kier molecular flexibility index (Phi) is 3.61. The van der Waals surface area contributed by atoms with Crippen LogP contribution in [0.5, 0.6) is 0 Å². The fraction of sp³-hybridized carbons (Fsp3) is 0.400. The fourth-order valence-electron chi connectivity index (χ4n) is 2.84. The van der Waals surface area contributed by atoms with Crippen LogP contribution in [0.3, 0.4) is 0 Å². The molecule has 1 fully saturated rings. The number of benzene rings is 1. The summed E-state index contributed by atoms with van der Waals surface area (Å²) in [5, 5.41) is 4.58. The second kappa shape index (κ2) is 5.30. The smallest absolute Gasteiger partial charge is 0.248 e. The summed E-state index contributed by atoms with van der Waals surface area (Å²) in [6.45, 7) is 0. The first kappa shape index (κ1) is 14.3. The Bertz CT molecular complexity index is 647. The maximum Gasteiger partial charge on any atom is 0.248 e. The monoisotopic (exact) mass is 312 g/mol. The van der Waals surface area contributed by atoms with Gasteiger partial charge < -0.3 is 10.3 Å². The Morgan fingerprint density at radius 2 is 2.00 bits per heavy atom. The molecule has 1 aromatic heterocycles. The first-order valence-electron chi connectivity index (χ1n) is 6.85. The normalized spacial score (nSPS) is 18.8. The summed E-state index contributed by atoms with van der Waals surface area (Å²) in [6.07, 6.45) is 0.512. The molecule has 1 aliphatic carbocycles. The van der Waals surface area contributed by atoms with Crippen LogP contribution in [-0.2, 0) is 0 Å². The molecule has 1 aromatic carbocycles. The third-order valence-corrected chi connectivity index (χ3v) is 4.20. The Morgan fingerprint density at radius 3 is 2.67 bits per heavy atom. The standard InChI is InChI=1S/C15H15ClF2N2O/c16-11-3-1-2-10(8-11)12-13(20-21-14(12)19)9-4-6-15(17,18)7-5-9/h1-3,8-9H,4-7,19H2. The van der Waals surface area contributed by atoms with Gasteiger partial charge in [0.15, 0.2) is 0 Å². The van der Waals surface area contributed by atoms with Gasteiger partial charge in [-0.1, -0.05) is 28.9 Å². The van der Waals surface area contributed by atoms with Crippen molar-refractivity contribution in [1.29, 1.82) is 0 Å². The summed E-state index contributed by atoms with van der Waals surface area (Å²) in [7, 11) is 0. The van der Waals surface area contributed by atoms with E-state index in [1.54, 1.807) is 12.1 Å². The van der Waals surface area contributed by atoms with Crippen molar-refractivity contribution in [3.8, 4) is 11.1 Å². The molecular formula is C15H15ClF2N2O. The molecule has 0 radical (unpaired) electrons. The number of hydrogen-bond donors (Lipinski definition) is 1. The molecule has 0 saturated heterocycles. The maximum absolute atomic E-state index is 13.3. The number of nitrogen functional groups attached to an aromatic ring is 1. The first-order chi connectivity index (χ1) is 9.96. The van der Waals surface area contributed by atoms with Crippen LogP contribution in [0, 0.1) is 0 Å². The lowest BCUT2D eigenvalue weighted by Crippen LogP contribution is -2.24. The van der Waals surface area contributed by atoms with Crippen molar-refractivity contribution in [2.75, 3.05) is 5.73 Å². The van der Waals surface area contributed by atoms with Crippen molar-refractivity contribution in [3.63, 3.8) is 0 Å². The lowest BCUT2D eigenvalue weighted by molar-refractivity contribution is -0.0386. The molecule has 0 bridgehead atoms. The summed E-state index contributed by atoms with van der Waals surface area (Å²) in [5.41, 5.74) is 7.99. The number of hydrogen-bond acceptors (Lipinski definition) is 3. The van der Waals surface area contributed by atoms with Gasteiger partial charge in [-0.2, -0.15) is 0 Å². The number of nitrogens with two attached hydrogens (primary N) is 1. The molecule has 21 heavy (non-hydrogen) atoms. The van der Waals surface area contributed by atoms with Crippen LogP contribution in [0.1, 0.15) is 37.3 Å². The topological polar surface area (TPSA) is 52.0 Å². The Balaban J connectivity index is 1.95. The van der Waals surface area contributed by atoms with Crippen LogP contribution in [0.15, 0.2) is 28.8 Å². The zero-order chi connectivity index (χ0) is 15.0. The highest BCUT2D eigenvalue weighted by Crippen LogP contribution is 2.44. The number of aromatic nitrogens is 1. The zero-order valence-electron chi connectivity index (χ0n) is 11.3. The van der Waals surface area contributed by atoms with Crippen molar-refractivity contribution in [1.82, 2.24) is 5.16 Å². The highest BCUT2D eigenvalue weighted by molar-refractivity contribution is 6.30. The highest BCUT2D eigenvalue weighted by atomic mass is 35.5. The van der Waals surface area contributed by atoms with Crippen molar-refractivity contribution in [2.24, 2.45) is 0 Å². The van der Waals surface area contributed by atoms with Gasteiger partial charge in [0.1, 0.15) is 0 Å². The van der Waals surface area contributed by atoms with E-state index in [9.17, 15) is 8.78 Å². The number of rotatable bonds is 2. The summed E-state index contributed by atoms with van der Waals surface area (Å²) in [5.74, 6) is -2.42. The van der Waals surface area contributed by atoms with Gasteiger partial charge in [-0.25, -0.2) is 8.78 Å². The first-order valence-corrected chi connectivity index (χ1v) is 7.23. The second-order valence-electron chi connectivity index (χ2n) is 5.45. The third-order valence-electron chi connectivity index (χ3n) is 3.96. The van der Waals surface area contributed by atoms with Crippen molar-refractivity contribution >= 4 is 17.5 Å². The van der Waals surface area contributed by atoms with Gasteiger partial charge in [-0.3, -0.25) is 0 Å². The molecule has 0 spiro atoms. The quantitative estimate of drug-likeness (QED) is 0.860. The maximum atomic E-state index is 13.3. The zero-order valence-corrected chi connectivity index (χ0v) is 12.0. The number of nitrogens with zero attached hydrogens (tertiary/aromatic N) is 1. The van der Waals surface area contributed by atoms with E-state index < -0.39 is 5.92 Å². The summed E-state index contributed by atoms with van der Waals surface area (Å²) in [6, 6.07) is 7.19. The summed E-state index contributed by atoms with van der Waals surface area (Å²) in [4.78, 5) is 0. The molecule has 0 aliphatic heterocycles. The van der Waals surface area contributed by atoms with Crippen molar-refractivity contribution < 1.29 is 13.3 Å². The van der Waals surface area contributed by atoms with Gasteiger partial charge >= 0.3 is 0 Å². The van der Waals surface area contributed by atoms with Crippen LogP contribution in [0.4, 0.5) is 14.7 Å². The largest absolute Gasteiger partial charge is 0.367 e. The minimum absolute atomic E-state index is 0.0559. The van der Waals surface area contributed by atoms with Gasteiger partial charge in [-0.05, 0) is 30.5 Å². The number of halogens is 3. The van der Waals surface area contributed by atoms with E-state index in [1.165, 1.54) is 0 Å². The van der Waals surface area contributed by atoms with Gasteiger partial charge in [-0.15, -0.1) is 0 Å². The Hall–Kier alpha value is -1.62. The molecule has 3 nitrogen and oxygen atoms in total. The summed E-state index contributed by atoms with van der Waals surface area (Å²) < 4.78 is 31.7. The van der Waals surface area contributed by atoms with E-state index in [0.29, 0.717) is 29.1 Å². The molecule has 0 unspecified atom stereocenters. The SMILES string of the molecule is Nc1onc(C2CCC(F)(F)CC2)c1-c1cccc(Cl)c1. The van der Waals surface area contributed by atoms with E-state index >= 15 is 0 Å². The molecule has 2 N–H and O–H groups in total. The van der Waals surface area contributed by atoms with Crippen LogP contribution in [0.2, 0.25) is 5.02 Å². The second-order valence-corrected chi connectivity index (χ2v) is 5.88. The molecule has 1 aliphatic rings. The van der Waals surface area contributed by atoms with Gasteiger partial charge in [0, 0.05) is 23.8 Å². The van der Waals surface area contributed by atoms with Gasteiger partial charge in [0.05, 0.1) is 11.3 Å². The predicted octanol–water partition coefficient (Wildman–Crippen LogP) is 4.87. The van der Waals surface area contributed by atoms with Crippen molar-refractivity contribution in [2.45, 2.75) is 37.5 Å². The van der Waals surface area contributed by atoms with Crippen LogP contribution >= 0.6 is 11.6 Å². The lowest BCUT2D eigenvalue weighted by atomic mass is 9.82. The predicted molar refractivity (Wildman–Crippen MR) is 77.5 cm³/mol. The minimum atomic E-state index is -2.57. The van der Waals surface area contributed by atoms with E-state index in [0.717, 1.165) is 5.56 Å². The van der Waals surface area contributed by atoms with E-state index in [-0.39, 0.29) is 24.6 Å².